The second kappa shape index (κ2) is 15.7. The van der Waals surface area contributed by atoms with Crippen LogP contribution in [0.3, 0.4) is 0 Å². The van der Waals surface area contributed by atoms with Crippen molar-refractivity contribution in [3.63, 3.8) is 0 Å². The summed E-state index contributed by atoms with van der Waals surface area (Å²) in [5.74, 6) is -2.69. The highest BCUT2D eigenvalue weighted by molar-refractivity contribution is 6.02. The Morgan fingerprint density at radius 1 is 0.826 bits per heavy atom. The van der Waals surface area contributed by atoms with E-state index in [9.17, 15) is 29.1 Å². The summed E-state index contributed by atoms with van der Waals surface area (Å²) in [4.78, 5) is 66.4. The van der Waals surface area contributed by atoms with Crippen molar-refractivity contribution in [2.75, 3.05) is 7.05 Å². The highest BCUT2D eigenvalue weighted by atomic mass is 16.3. The third-order valence-corrected chi connectivity index (χ3v) is 7.75. The smallest absolute Gasteiger partial charge is 0.249 e. The summed E-state index contributed by atoms with van der Waals surface area (Å²) in [7, 11) is 1.80. The molecule has 4 N–H and O–H groups in total. The van der Waals surface area contributed by atoms with Crippen LogP contribution in [0.4, 0.5) is 0 Å². The largest absolute Gasteiger partial charge is 0.391 e. The first-order valence-electron chi connectivity index (χ1n) is 15.0. The quantitative estimate of drug-likeness (QED) is 0.157. The highest BCUT2D eigenvalue weighted by Crippen LogP contribution is 2.22. The lowest BCUT2D eigenvalue weighted by Crippen LogP contribution is -2.59. The van der Waals surface area contributed by atoms with Gasteiger partial charge in [0.2, 0.25) is 30.0 Å². The minimum Gasteiger partial charge on any atom is -0.391 e. The van der Waals surface area contributed by atoms with Gasteiger partial charge in [-0.05, 0) is 43.1 Å². The number of likely N-dealkylation sites (N-methyl/N-ethyl adjacent to an activating group) is 1. The third kappa shape index (κ3) is 8.74. The molecule has 0 radical (unpaired) electrons. The molecular formula is C35H39N5O6. The zero-order chi connectivity index (χ0) is 33.2. The van der Waals surface area contributed by atoms with Crippen LogP contribution in [0.1, 0.15) is 30.5 Å². The first-order valence-corrected chi connectivity index (χ1v) is 15.0. The molecule has 11 nitrogen and oxygen atoms in total. The van der Waals surface area contributed by atoms with Gasteiger partial charge in [0.1, 0.15) is 12.1 Å². The molecule has 4 amide bonds. The molecule has 11 heteroatoms. The van der Waals surface area contributed by atoms with Gasteiger partial charge in [-0.1, -0.05) is 78.9 Å². The van der Waals surface area contributed by atoms with Gasteiger partial charge in [-0.15, -0.1) is 0 Å². The van der Waals surface area contributed by atoms with Crippen molar-refractivity contribution < 1.29 is 29.1 Å². The number of hydrogen-bond acceptors (Lipinski definition) is 7. The maximum absolute atomic E-state index is 13.9. The fourth-order valence-corrected chi connectivity index (χ4v) is 5.40. The fourth-order valence-electron chi connectivity index (χ4n) is 5.40. The second-order valence-corrected chi connectivity index (χ2v) is 11.3. The number of carbonyl (C=O) groups is 5. The molecule has 1 aromatic heterocycles. The first kappa shape index (κ1) is 33.8. The molecule has 0 aliphatic heterocycles. The standard InChI is InChI=1S/C35H39N5O6/c1-23(42)32(36-24(2)43)35(46)37-29(19-27-21-40(22-41)30-17-11-10-16-28(27)30)33(44)38-34(45)31(18-25-12-6-4-7-13-25)39(3)20-26-14-8-5-9-15-26/h4-17,21-23,29,31-32,42H,18-20H2,1-3H3,(H,36,43)(H,37,46)(H,38,44,45)/t23-,29-,31+,32+/m1/s1. The second-order valence-electron chi connectivity index (χ2n) is 11.3. The lowest BCUT2D eigenvalue weighted by atomic mass is 10.0. The number of nitrogens with one attached hydrogen (secondary N) is 3. The zero-order valence-corrected chi connectivity index (χ0v) is 26.1. The predicted octanol–water partition coefficient (Wildman–Crippen LogP) is 1.98. The Bertz CT molecular complexity index is 1670. The van der Waals surface area contributed by atoms with E-state index < -0.39 is 47.9 Å². The molecule has 0 saturated carbocycles. The Hall–Kier alpha value is -5.13. The number of aliphatic hydroxyl groups is 1. The van der Waals surface area contributed by atoms with Gasteiger partial charge in [0.15, 0.2) is 0 Å². The molecule has 1 heterocycles. The van der Waals surface area contributed by atoms with Gasteiger partial charge < -0.3 is 15.7 Å². The van der Waals surface area contributed by atoms with Gasteiger partial charge in [-0.25, -0.2) is 0 Å². The van der Waals surface area contributed by atoms with Gasteiger partial charge in [-0.2, -0.15) is 0 Å². The molecule has 0 unspecified atom stereocenters. The number of nitrogens with zero attached hydrogens (tertiary/aromatic N) is 2. The average molecular weight is 626 g/mol. The topological polar surface area (TPSA) is 150 Å². The van der Waals surface area contributed by atoms with Crippen LogP contribution in [-0.4, -0.2) is 75.9 Å². The lowest BCUT2D eigenvalue weighted by molar-refractivity contribution is -0.137. The van der Waals surface area contributed by atoms with E-state index in [1.54, 1.807) is 37.5 Å². The van der Waals surface area contributed by atoms with Crippen molar-refractivity contribution in [1.82, 2.24) is 25.4 Å². The minimum absolute atomic E-state index is 0.0813. The Balaban J connectivity index is 1.63. The van der Waals surface area contributed by atoms with Crippen LogP contribution in [0.25, 0.3) is 10.9 Å². The summed E-state index contributed by atoms with van der Waals surface area (Å²) in [5, 5.41) is 18.4. The van der Waals surface area contributed by atoms with E-state index in [0.717, 1.165) is 11.1 Å². The molecule has 0 bridgehead atoms. The number of aliphatic hydroxyl groups excluding tert-OH is 1. The normalized spacial score (nSPS) is 13.8. The van der Waals surface area contributed by atoms with Crippen LogP contribution in [0, 0.1) is 0 Å². The number of rotatable bonds is 14. The van der Waals surface area contributed by atoms with Crippen LogP contribution < -0.4 is 16.0 Å². The molecule has 0 aliphatic rings. The van der Waals surface area contributed by atoms with E-state index in [0.29, 0.717) is 35.8 Å². The Labute approximate surface area is 267 Å². The lowest BCUT2D eigenvalue weighted by Gasteiger charge is -2.28. The SMILES string of the molecule is CC(=O)N[C@H](C(=O)N[C@H](Cc1cn(C=O)c2ccccc12)C(=O)NC(=O)[C@H](Cc1ccccc1)N(C)Cc1ccccc1)[C@@H](C)O. The Morgan fingerprint density at radius 2 is 1.43 bits per heavy atom. The van der Waals surface area contributed by atoms with Crippen molar-refractivity contribution in [3.05, 3.63) is 108 Å². The Morgan fingerprint density at radius 3 is 2.04 bits per heavy atom. The number of imide groups is 1. The van der Waals surface area contributed by atoms with Crippen LogP contribution in [0.15, 0.2) is 91.1 Å². The highest BCUT2D eigenvalue weighted by Gasteiger charge is 2.33. The van der Waals surface area contributed by atoms with Crippen molar-refractivity contribution >= 4 is 40.9 Å². The predicted molar refractivity (Wildman–Crippen MR) is 174 cm³/mol. The molecule has 4 rings (SSSR count). The fraction of sp³-hybridized carbons (Fsp3) is 0.286. The van der Waals surface area contributed by atoms with Gasteiger partial charge in [0.05, 0.1) is 17.7 Å². The van der Waals surface area contributed by atoms with Crippen LogP contribution in [-0.2, 0) is 43.4 Å². The summed E-state index contributed by atoms with van der Waals surface area (Å²) >= 11 is 0. The number of amides is 4. The van der Waals surface area contributed by atoms with Gasteiger partial charge in [0.25, 0.3) is 0 Å². The number of para-hydroxylation sites is 1. The molecule has 0 aliphatic carbocycles. The molecule has 46 heavy (non-hydrogen) atoms. The zero-order valence-electron chi connectivity index (χ0n) is 26.1. The number of benzene rings is 3. The molecular weight excluding hydrogens is 586 g/mol. The summed E-state index contributed by atoms with van der Waals surface area (Å²) in [6.07, 6.45) is 1.17. The molecule has 3 aromatic carbocycles. The van der Waals surface area contributed by atoms with Crippen molar-refractivity contribution in [2.24, 2.45) is 0 Å². The van der Waals surface area contributed by atoms with Crippen LogP contribution in [0.5, 0.6) is 0 Å². The summed E-state index contributed by atoms with van der Waals surface area (Å²) in [6, 6.07) is 22.8. The van der Waals surface area contributed by atoms with E-state index >= 15 is 0 Å². The monoisotopic (exact) mass is 625 g/mol. The number of carbonyl (C=O) groups excluding carboxylic acids is 5. The summed E-state index contributed by atoms with van der Waals surface area (Å²) < 4.78 is 1.37. The maximum atomic E-state index is 13.9. The van der Waals surface area contributed by atoms with Crippen LogP contribution in [0.2, 0.25) is 0 Å². The average Bonchev–Trinajstić information content (AvgIpc) is 3.40. The molecule has 4 atom stereocenters. The summed E-state index contributed by atoms with van der Waals surface area (Å²) in [6.45, 7) is 2.99. The molecule has 0 spiro atoms. The minimum atomic E-state index is -1.34. The van der Waals surface area contributed by atoms with Crippen molar-refractivity contribution in [1.29, 1.82) is 0 Å². The van der Waals surface area contributed by atoms with Gasteiger partial charge >= 0.3 is 0 Å². The van der Waals surface area contributed by atoms with Crippen molar-refractivity contribution in [2.45, 2.75) is 57.5 Å². The molecule has 4 aromatic rings. The molecule has 0 saturated heterocycles. The number of fused-ring (bicyclic) bond motifs is 1. The van der Waals surface area contributed by atoms with E-state index in [1.807, 2.05) is 65.6 Å². The van der Waals surface area contributed by atoms with E-state index in [1.165, 1.54) is 18.4 Å². The van der Waals surface area contributed by atoms with Gasteiger partial charge in [0, 0.05) is 31.5 Å². The molecule has 240 valence electrons. The van der Waals surface area contributed by atoms with E-state index in [2.05, 4.69) is 16.0 Å². The van der Waals surface area contributed by atoms with E-state index in [4.69, 9.17) is 0 Å². The Kier molecular flexibility index (Phi) is 11.5. The summed E-state index contributed by atoms with van der Waals surface area (Å²) in [5.41, 5.74) is 3.07. The van der Waals surface area contributed by atoms with Crippen molar-refractivity contribution in [3.8, 4) is 0 Å². The number of hydrogen-bond donors (Lipinski definition) is 4. The van der Waals surface area contributed by atoms with E-state index in [-0.39, 0.29) is 6.42 Å². The maximum Gasteiger partial charge on any atom is 0.249 e. The molecule has 0 fully saturated rings. The third-order valence-electron chi connectivity index (χ3n) is 7.75. The van der Waals surface area contributed by atoms with Gasteiger partial charge in [-0.3, -0.25) is 38.8 Å². The first-order chi connectivity index (χ1) is 22.1. The van der Waals surface area contributed by atoms with Crippen LogP contribution >= 0.6 is 0 Å². The number of aromatic nitrogens is 1.